The molecule has 2 N–H and O–H groups in total. The van der Waals surface area contributed by atoms with Crippen LogP contribution in [0.1, 0.15) is 40.9 Å². The molecule has 1 aliphatic rings. The summed E-state index contributed by atoms with van der Waals surface area (Å²) < 4.78 is 0.930. The van der Waals surface area contributed by atoms with E-state index in [9.17, 15) is 9.90 Å². The number of aromatic nitrogens is 1. The highest BCUT2D eigenvalue weighted by atomic mass is 32.1. The van der Waals surface area contributed by atoms with Crippen molar-refractivity contribution >= 4 is 27.3 Å². The van der Waals surface area contributed by atoms with Gasteiger partial charge >= 0.3 is 0 Å². The van der Waals surface area contributed by atoms with E-state index in [1.54, 1.807) is 6.20 Å². The molecule has 0 saturated heterocycles. The summed E-state index contributed by atoms with van der Waals surface area (Å²) in [6.45, 7) is 0.502. The van der Waals surface area contributed by atoms with Crippen molar-refractivity contribution in [2.24, 2.45) is 0 Å². The van der Waals surface area contributed by atoms with Crippen LogP contribution in [0.5, 0.6) is 5.75 Å². The third kappa shape index (κ3) is 4.56. The number of rotatable bonds is 6. The number of thiophene rings is 1. The minimum Gasteiger partial charge on any atom is -0.506 e. The van der Waals surface area contributed by atoms with E-state index < -0.39 is 0 Å². The predicted octanol–water partition coefficient (Wildman–Crippen LogP) is 5.84. The SMILES string of the molecule is CNC1CCC(N(Cc2cccc(-c3ccccn3)c2)C(=O)c2sc3ccccc3c2O)CC1. The molecule has 0 aliphatic heterocycles. The van der Waals surface area contributed by atoms with E-state index in [1.165, 1.54) is 11.3 Å². The number of nitrogens with one attached hydrogen (secondary N) is 1. The standard InChI is InChI=1S/C28H29N3O2S/c1-29-21-12-14-22(15-13-21)31(28(33)27-26(32)23-9-2-3-11-25(23)34-27)18-19-7-6-8-20(17-19)24-10-4-5-16-30-24/h2-11,16-17,21-22,29,32H,12-15,18H2,1H3. The van der Waals surface area contributed by atoms with Crippen molar-refractivity contribution in [2.45, 2.75) is 44.3 Å². The van der Waals surface area contributed by atoms with E-state index in [1.807, 2.05) is 66.5 Å². The van der Waals surface area contributed by atoms with E-state index >= 15 is 0 Å². The van der Waals surface area contributed by atoms with Crippen molar-refractivity contribution in [3.8, 4) is 17.0 Å². The van der Waals surface area contributed by atoms with Crippen LogP contribution in [0, 0.1) is 0 Å². The first-order valence-electron chi connectivity index (χ1n) is 11.8. The maximum absolute atomic E-state index is 13.9. The first kappa shape index (κ1) is 22.6. The number of hydrogen-bond acceptors (Lipinski definition) is 5. The lowest BCUT2D eigenvalue weighted by Crippen LogP contribution is -2.44. The topological polar surface area (TPSA) is 65.5 Å². The highest BCUT2D eigenvalue weighted by Gasteiger charge is 2.31. The van der Waals surface area contributed by atoms with Crippen LogP contribution < -0.4 is 5.32 Å². The van der Waals surface area contributed by atoms with Gasteiger partial charge in [-0.15, -0.1) is 11.3 Å². The van der Waals surface area contributed by atoms with Crippen LogP contribution in [0.2, 0.25) is 0 Å². The largest absolute Gasteiger partial charge is 0.506 e. The zero-order valence-electron chi connectivity index (χ0n) is 19.3. The molecule has 0 bridgehead atoms. The lowest BCUT2D eigenvalue weighted by Gasteiger charge is -2.37. The maximum atomic E-state index is 13.9. The quantitative estimate of drug-likeness (QED) is 0.371. The highest BCUT2D eigenvalue weighted by Crippen LogP contribution is 2.38. The number of carbonyl (C=O) groups excluding carboxylic acids is 1. The van der Waals surface area contributed by atoms with Crippen LogP contribution in [0.25, 0.3) is 21.3 Å². The van der Waals surface area contributed by atoms with Crippen molar-refractivity contribution < 1.29 is 9.90 Å². The van der Waals surface area contributed by atoms with Gasteiger partial charge in [-0.05, 0) is 68.6 Å². The van der Waals surface area contributed by atoms with E-state index in [0.717, 1.165) is 52.6 Å². The average molecular weight is 472 g/mol. The number of carbonyl (C=O) groups is 1. The number of pyridine rings is 1. The van der Waals surface area contributed by atoms with Gasteiger partial charge in [0.15, 0.2) is 0 Å². The van der Waals surface area contributed by atoms with Crippen molar-refractivity contribution in [1.29, 1.82) is 0 Å². The molecule has 6 heteroatoms. The zero-order chi connectivity index (χ0) is 23.5. The molecular formula is C28H29N3O2S. The van der Waals surface area contributed by atoms with Crippen LogP contribution in [0.4, 0.5) is 0 Å². The molecule has 34 heavy (non-hydrogen) atoms. The monoisotopic (exact) mass is 471 g/mol. The van der Waals surface area contributed by atoms with Gasteiger partial charge in [0.2, 0.25) is 0 Å². The summed E-state index contributed by atoms with van der Waals surface area (Å²) in [4.78, 5) is 20.8. The van der Waals surface area contributed by atoms with Crippen LogP contribution >= 0.6 is 11.3 Å². The van der Waals surface area contributed by atoms with E-state index in [4.69, 9.17) is 0 Å². The van der Waals surface area contributed by atoms with Gasteiger partial charge < -0.3 is 15.3 Å². The Morgan fingerprint density at radius 2 is 1.85 bits per heavy atom. The first-order chi connectivity index (χ1) is 16.6. The summed E-state index contributed by atoms with van der Waals surface area (Å²) >= 11 is 1.38. The number of aromatic hydroxyl groups is 1. The number of amides is 1. The van der Waals surface area contributed by atoms with Crippen molar-refractivity contribution in [3.05, 3.63) is 83.4 Å². The van der Waals surface area contributed by atoms with Gasteiger partial charge in [-0.3, -0.25) is 9.78 Å². The molecular weight excluding hydrogens is 442 g/mol. The fraction of sp³-hybridized carbons (Fsp3) is 0.286. The van der Waals surface area contributed by atoms with Gasteiger partial charge in [0, 0.05) is 40.5 Å². The van der Waals surface area contributed by atoms with Gasteiger partial charge in [0.1, 0.15) is 10.6 Å². The van der Waals surface area contributed by atoms with Gasteiger partial charge in [-0.25, -0.2) is 0 Å². The summed E-state index contributed by atoms with van der Waals surface area (Å²) in [5.41, 5.74) is 3.01. The summed E-state index contributed by atoms with van der Waals surface area (Å²) in [5.74, 6) is 0.0107. The second kappa shape index (κ2) is 9.95. The smallest absolute Gasteiger partial charge is 0.268 e. The minimum absolute atomic E-state index is 0.0881. The first-order valence-corrected chi connectivity index (χ1v) is 12.6. The van der Waals surface area contributed by atoms with E-state index in [2.05, 4.69) is 22.4 Å². The highest BCUT2D eigenvalue weighted by molar-refractivity contribution is 7.21. The predicted molar refractivity (Wildman–Crippen MR) is 138 cm³/mol. The number of fused-ring (bicyclic) bond motifs is 1. The van der Waals surface area contributed by atoms with Gasteiger partial charge in [-0.1, -0.05) is 36.4 Å². The molecule has 1 saturated carbocycles. The molecule has 0 unspecified atom stereocenters. The van der Waals surface area contributed by atoms with Crippen molar-refractivity contribution in [3.63, 3.8) is 0 Å². The average Bonchev–Trinajstić information content (AvgIpc) is 3.24. The fourth-order valence-corrected chi connectivity index (χ4v) is 5.96. The Kier molecular flexibility index (Phi) is 6.61. The molecule has 174 valence electrons. The van der Waals surface area contributed by atoms with Crippen LogP contribution in [-0.4, -0.2) is 40.0 Å². The summed E-state index contributed by atoms with van der Waals surface area (Å²) in [6.07, 6.45) is 5.77. The summed E-state index contributed by atoms with van der Waals surface area (Å²) in [5, 5.41) is 15.0. The molecule has 2 aromatic carbocycles. The Balaban J connectivity index is 1.47. The number of benzene rings is 2. The minimum atomic E-state index is -0.0881. The molecule has 1 aliphatic carbocycles. The number of nitrogens with zero attached hydrogens (tertiary/aromatic N) is 2. The Morgan fingerprint density at radius 3 is 2.59 bits per heavy atom. The molecule has 4 aromatic rings. The van der Waals surface area contributed by atoms with Gasteiger partial charge in [0.05, 0.1) is 5.69 Å². The Bertz CT molecular complexity index is 1280. The molecule has 2 aromatic heterocycles. The summed E-state index contributed by atoms with van der Waals surface area (Å²) in [7, 11) is 2.01. The molecule has 1 amide bonds. The van der Waals surface area contributed by atoms with Crippen molar-refractivity contribution in [2.75, 3.05) is 7.05 Å². The molecule has 1 fully saturated rings. The maximum Gasteiger partial charge on any atom is 0.268 e. The normalized spacial score (nSPS) is 18.1. The molecule has 0 atom stereocenters. The lowest BCUT2D eigenvalue weighted by atomic mass is 9.89. The summed E-state index contributed by atoms with van der Waals surface area (Å²) in [6, 6.07) is 22.4. The van der Waals surface area contributed by atoms with Gasteiger partial charge in [-0.2, -0.15) is 0 Å². The number of hydrogen-bond donors (Lipinski definition) is 2. The fourth-order valence-electron chi connectivity index (χ4n) is 4.91. The second-order valence-electron chi connectivity index (χ2n) is 8.92. The lowest BCUT2D eigenvalue weighted by molar-refractivity contribution is 0.0603. The third-order valence-corrected chi connectivity index (χ3v) is 7.96. The van der Waals surface area contributed by atoms with Crippen LogP contribution in [0.15, 0.2) is 72.9 Å². The molecule has 0 radical (unpaired) electrons. The Morgan fingerprint density at radius 1 is 1.06 bits per heavy atom. The molecule has 5 rings (SSSR count). The van der Waals surface area contributed by atoms with Gasteiger partial charge in [0.25, 0.3) is 5.91 Å². The Labute approximate surface area is 204 Å². The molecule has 5 nitrogen and oxygen atoms in total. The zero-order valence-corrected chi connectivity index (χ0v) is 20.1. The van der Waals surface area contributed by atoms with E-state index in [0.29, 0.717) is 17.5 Å². The molecule has 2 heterocycles. The van der Waals surface area contributed by atoms with Crippen LogP contribution in [-0.2, 0) is 6.54 Å². The van der Waals surface area contributed by atoms with Crippen LogP contribution in [0.3, 0.4) is 0 Å². The Hall–Kier alpha value is -3.22. The second-order valence-corrected chi connectivity index (χ2v) is 9.97. The van der Waals surface area contributed by atoms with Crippen molar-refractivity contribution in [1.82, 2.24) is 15.2 Å². The third-order valence-electron chi connectivity index (χ3n) is 6.81. The van der Waals surface area contributed by atoms with E-state index in [-0.39, 0.29) is 17.7 Å². The molecule has 0 spiro atoms.